The Hall–Kier alpha value is -3.36. The minimum Gasteiger partial charge on any atom is -0.444 e. The summed E-state index contributed by atoms with van der Waals surface area (Å²) in [4.78, 5) is 53.7. The number of primary amides is 1. The first-order valence-corrected chi connectivity index (χ1v) is 14.0. The molecule has 2 atom stereocenters. The molecule has 0 saturated carbocycles. The number of alkyl carbamates (subject to hydrolysis) is 1. The lowest BCUT2D eigenvalue weighted by Crippen LogP contribution is -2.54. The first kappa shape index (κ1) is 33.7. The molecule has 0 aliphatic heterocycles. The van der Waals surface area contributed by atoms with Gasteiger partial charge < -0.3 is 26.0 Å². The molecule has 0 aliphatic rings. The van der Waals surface area contributed by atoms with E-state index in [9.17, 15) is 19.2 Å². The predicted octanol–water partition coefficient (Wildman–Crippen LogP) is 4.85. The van der Waals surface area contributed by atoms with Crippen molar-refractivity contribution < 1.29 is 23.9 Å². The van der Waals surface area contributed by atoms with Gasteiger partial charge in [-0.25, -0.2) is 4.79 Å². The van der Waals surface area contributed by atoms with Crippen molar-refractivity contribution in [3.63, 3.8) is 0 Å². The second-order valence-corrected chi connectivity index (χ2v) is 10.7. The molecule has 1 aromatic rings. The monoisotopic (exact) mass is 544 g/mol. The van der Waals surface area contributed by atoms with E-state index in [1.54, 1.807) is 32.9 Å². The minimum absolute atomic E-state index is 0.259. The SMILES string of the molecule is C=Cc1cccc(C(C(=O)NCCCCC)N(CCCCCC)C(=O)C(CC(N)=O)NC(=O)OC(C)(C)C)c1. The highest BCUT2D eigenvalue weighted by atomic mass is 16.6. The van der Waals surface area contributed by atoms with Gasteiger partial charge in [0.25, 0.3) is 0 Å². The normalized spacial score (nSPS) is 12.6. The number of unbranched alkanes of at least 4 members (excludes halogenated alkanes) is 5. The van der Waals surface area contributed by atoms with E-state index in [1.165, 1.54) is 4.90 Å². The van der Waals surface area contributed by atoms with Crippen LogP contribution in [-0.4, -0.2) is 53.4 Å². The maximum absolute atomic E-state index is 14.0. The van der Waals surface area contributed by atoms with E-state index >= 15 is 0 Å². The van der Waals surface area contributed by atoms with Crippen molar-refractivity contribution in [2.45, 2.75) is 104 Å². The van der Waals surface area contributed by atoms with Gasteiger partial charge in [-0.1, -0.05) is 76.8 Å². The molecule has 1 rings (SSSR count). The van der Waals surface area contributed by atoms with Gasteiger partial charge in [0.1, 0.15) is 17.7 Å². The standard InChI is InChI=1S/C30H48N4O5/c1-7-10-12-14-19-34(28(37)24(21-25(31)35)33-29(38)39-30(4,5)6)26(27(36)32-18-13-11-8-2)23-17-15-16-22(9-3)20-23/h9,15-17,20,24,26H,3,7-8,10-14,18-19,21H2,1-2,4-6H3,(H2,31,35)(H,32,36)(H,33,38). The van der Waals surface area contributed by atoms with Crippen LogP contribution in [0.25, 0.3) is 6.08 Å². The number of nitrogens with one attached hydrogen (secondary N) is 2. The van der Waals surface area contributed by atoms with Crippen LogP contribution < -0.4 is 16.4 Å². The van der Waals surface area contributed by atoms with Crippen molar-refractivity contribution in [2.75, 3.05) is 13.1 Å². The zero-order valence-corrected chi connectivity index (χ0v) is 24.4. The summed E-state index contributed by atoms with van der Waals surface area (Å²) < 4.78 is 5.33. The van der Waals surface area contributed by atoms with Gasteiger partial charge in [0.2, 0.25) is 17.7 Å². The fourth-order valence-electron chi connectivity index (χ4n) is 4.14. The van der Waals surface area contributed by atoms with Gasteiger partial charge in [-0.3, -0.25) is 14.4 Å². The van der Waals surface area contributed by atoms with Gasteiger partial charge >= 0.3 is 6.09 Å². The van der Waals surface area contributed by atoms with Crippen LogP contribution in [0.4, 0.5) is 4.79 Å². The number of rotatable bonds is 17. The molecule has 0 radical (unpaired) electrons. The highest BCUT2D eigenvalue weighted by Gasteiger charge is 2.36. The molecule has 0 spiro atoms. The second kappa shape index (κ2) is 17.3. The average Bonchev–Trinajstić information content (AvgIpc) is 2.86. The van der Waals surface area contributed by atoms with Gasteiger partial charge in [0.05, 0.1) is 6.42 Å². The minimum atomic E-state index is -1.29. The molecule has 2 unspecified atom stereocenters. The summed E-state index contributed by atoms with van der Waals surface area (Å²) in [5.41, 5.74) is 6.06. The van der Waals surface area contributed by atoms with Crippen molar-refractivity contribution in [3.8, 4) is 0 Å². The Labute approximate surface area is 233 Å². The summed E-state index contributed by atoms with van der Waals surface area (Å²) in [7, 11) is 0. The second-order valence-electron chi connectivity index (χ2n) is 10.7. The number of carbonyl (C=O) groups is 4. The first-order chi connectivity index (χ1) is 18.4. The predicted molar refractivity (Wildman–Crippen MR) is 155 cm³/mol. The third-order valence-electron chi connectivity index (χ3n) is 6.03. The van der Waals surface area contributed by atoms with Gasteiger partial charge in [0.15, 0.2) is 0 Å². The molecule has 0 heterocycles. The maximum Gasteiger partial charge on any atom is 0.408 e. The molecule has 218 valence electrons. The Bertz CT molecular complexity index is 957. The highest BCUT2D eigenvalue weighted by molar-refractivity contribution is 5.94. The van der Waals surface area contributed by atoms with E-state index in [1.807, 2.05) is 18.2 Å². The quantitative estimate of drug-likeness (QED) is 0.241. The highest BCUT2D eigenvalue weighted by Crippen LogP contribution is 2.25. The fraction of sp³-hybridized carbons (Fsp3) is 0.600. The third-order valence-corrected chi connectivity index (χ3v) is 6.03. The summed E-state index contributed by atoms with van der Waals surface area (Å²) >= 11 is 0. The first-order valence-electron chi connectivity index (χ1n) is 14.0. The number of ether oxygens (including phenoxy) is 1. The molecule has 4 amide bonds. The molecule has 1 aromatic carbocycles. The lowest BCUT2D eigenvalue weighted by atomic mass is 9.99. The average molecular weight is 545 g/mol. The number of amides is 4. The van der Waals surface area contributed by atoms with E-state index in [2.05, 4.69) is 31.1 Å². The molecular formula is C30H48N4O5. The smallest absolute Gasteiger partial charge is 0.408 e. The van der Waals surface area contributed by atoms with Crippen LogP contribution in [0, 0.1) is 0 Å². The molecular weight excluding hydrogens is 496 g/mol. The number of hydrogen-bond acceptors (Lipinski definition) is 5. The van der Waals surface area contributed by atoms with E-state index in [-0.39, 0.29) is 12.5 Å². The molecule has 39 heavy (non-hydrogen) atoms. The van der Waals surface area contributed by atoms with Crippen molar-refractivity contribution in [1.29, 1.82) is 0 Å². The molecule has 0 aromatic heterocycles. The summed E-state index contributed by atoms with van der Waals surface area (Å²) in [5, 5.41) is 5.49. The lowest BCUT2D eigenvalue weighted by Gasteiger charge is -2.34. The van der Waals surface area contributed by atoms with Crippen LogP contribution in [-0.2, 0) is 19.1 Å². The van der Waals surface area contributed by atoms with E-state index in [4.69, 9.17) is 10.5 Å². The Morgan fingerprint density at radius 2 is 1.72 bits per heavy atom. The number of hydrogen-bond donors (Lipinski definition) is 3. The molecule has 0 bridgehead atoms. The van der Waals surface area contributed by atoms with Crippen LogP contribution in [0.2, 0.25) is 0 Å². The Morgan fingerprint density at radius 3 is 2.31 bits per heavy atom. The van der Waals surface area contributed by atoms with Crippen LogP contribution >= 0.6 is 0 Å². The molecule has 9 heteroatoms. The number of carbonyl (C=O) groups excluding carboxylic acids is 4. The van der Waals surface area contributed by atoms with E-state index < -0.39 is 42.0 Å². The topological polar surface area (TPSA) is 131 Å². The number of nitrogens with zero attached hydrogens (tertiary/aromatic N) is 1. The largest absolute Gasteiger partial charge is 0.444 e. The fourth-order valence-corrected chi connectivity index (χ4v) is 4.14. The Kier molecular flexibility index (Phi) is 14.9. The molecule has 0 fully saturated rings. The van der Waals surface area contributed by atoms with E-state index in [0.29, 0.717) is 18.5 Å². The maximum atomic E-state index is 14.0. The van der Waals surface area contributed by atoms with Crippen molar-refractivity contribution in [3.05, 3.63) is 42.0 Å². The van der Waals surface area contributed by atoms with Crippen LogP contribution in [0.1, 0.15) is 103 Å². The van der Waals surface area contributed by atoms with Crippen molar-refractivity contribution in [2.24, 2.45) is 5.73 Å². The zero-order valence-electron chi connectivity index (χ0n) is 24.4. The Balaban J connectivity index is 3.49. The van der Waals surface area contributed by atoms with Gasteiger partial charge in [-0.15, -0.1) is 0 Å². The summed E-state index contributed by atoms with van der Waals surface area (Å²) in [6.07, 6.45) is 6.68. The molecule has 0 aliphatic carbocycles. The number of benzene rings is 1. The lowest BCUT2D eigenvalue weighted by molar-refractivity contribution is -0.143. The van der Waals surface area contributed by atoms with Crippen LogP contribution in [0.15, 0.2) is 30.8 Å². The van der Waals surface area contributed by atoms with Gasteiger partial charge in [-0.2, -0.15) is 0 Å². The van der Waals surface area contributed by atoms with Crippen molar-refractivity contribution in [1.82, 2.24) is 15.5 Å². The van der Waals surface area contributed by atoms with Crippen LogP contribution in [0.5, 0.6) is 0 Å². The van der Waals surface area contributed by atoms with Gasteiger partial charge in [0, 0.05) is 13.1 Å². The molecule has 4 N–H and O–H groups in total. The Morgan fingerprint density at radius 1 is 1.05 bits per heavy atom. The third kappa shape index (κ3) is 12.8. The van der Waals surface area contributed by atoms with Crippen molar-refractivity contribution >= 4 is 29.9 Å². The summed E-state index contributed by atoms with van der Waals surface area (Å²) in [6.45, 7) is 13.8. The van der Waals surface area contributed by atoms with Crippen LogP contribution in [0.3, 0.4) is 0 Å². The van der Waals surface area contributed by atoms with E-state index in [0.717, 1.165) is 44.1 Å². The summed E-state index contributed by atoms with van der Waals surface area (Å²) in [6, 6.07) is 5.02. The molecule has 9 nitrogen and oxygen atoms in total. The van der Waals surface area contributed by atoms with Gasteiger partial charge in [-0.05, 0) is 50.8 Å². The zero-order chi connectivity index (χ0) is 29.4. The summed E-state index contributed by atoms with van der Waals surface area (Å²) in [5.74, 6) is -1.66. The molecule has 0 saturated heterocycles. The number of nitrogens with two attached hydrogens (primary N) is 1.